The summed E-state index contributed by atoms with van der Waals surface area (Å²) < 4.78 is 7.07. The largest absolute Gasteiger partial charge is 0.461 e. The summed E-state index contributed by atoms with van der Waals surface area (Å²) in [5.41, 5.74) is 3.17. The van der Waals surface area contributed by atoms with Crippen molar-refractivity contribution in [3.63, 3.8) is 0 Å². The van der Waals surface area contributed by atoms with Crippen molar-refractivity contribution in [3.05, 3.63) is 41.9 Å². The third-order valence-corrected chi connectivity index (χ3v) is 3.51. The van der Waals surface area contributed by atoms with Gasteiger partial charge in [0.25, 0.3) is 0 Å². The van der Waals surface area contributed by atoms with Crippen LogP contribution in [0.4, 0.5) is 0 Å². The van der Waals surface area contributed by atoms with Gasteiger partial charge >= 0.3 is 5.97 Å². The Morgan fingerprint density at radius 1 is 1.38 bits per heavy atom. The molecule has 0 spiro atoms. The second-order valence-corrected chi connectivity index (χ2v) is 4.95. The number of carbonyl (C=O) groups is 1. The molecule has 1 N–H and O–H groups in total. The predicted molar refractivity (Wildman–Crippen MR) is 81.2 cm³/mol. The van der Waals surface area contributed by atoms with Crippen LogP contribution in [0, 0.1) is 6.92 Å². The third-order valence-electron chi connectivity index (χ3n) is 3.51. The lowest BCUT2D eigenvalue weighted by Gasteiger charge is -1.97. The van der Waals surface area contributed by atoms with Crippen molar-refractivity contribution in [2.75, 3.05) is 6.61 Å². The molecule has 1 aromatic carbocycles. The highest BCUT2D eigenvalue weighted by atomic mass is 16.5. The number of fused-ring (bicyclic) bond motifs is 1. The Balaban J connectivity index is 2.12. The predicted octanol–water partition coefficient (Wildman–Crippen LogP) is 3.05. The molecule has 0 atom stereocenters. The van der Waals surface area contributed by atoms with Gasteiger partial charge in [-0.15, -0.1) is 0 Å². The number of hydrogen-bond acceptors (Lipinski definition) is 3. The molecule has 0 amide bonds. The van der Waals surface area contributed by atoms with Gasteiger partial charge < -0.3 is 14.3 Å². The smallest absolute Gasteiger partial charge is 0.358 e. The van der Waals surface area contributed by atoms with Gasteiger partial charge in [-0.05, 0) is 19.9 Å². The van der Waals surface area contributed by atoms with Gasteiger partial charge in [-0.2, -0.15) is 0 Å². The van der Waals surface area contributed by atoms with Gasteiger partial charge in [-0.3, -0.25) is 0 Å². The Labute approximate surface area is 122 Å². The molecule has 0 radical (unpaired) electrons. The lowest BCUT2D eigenvalue weighted by atomic mass is 10.2. The highest BCUT2D eigenvalue weighted by Gasteiger charge is 2.18. The zero-order chi connectivity index (χ0) is 15.0. The number of esters is 1. The van der Waals surface area contributed by atoms with E-state index in [1.807, 2.05) is 42.9 Å². The number of rotatable bonds is 3. The molecule has 2 heterocycles. The Bertz CT molecular complexity index is 814. The van der Waals surface area contributed by atoms with Gasteiger partial charge in [-0.25, -0.2) is 9.78 Å². The number of aryl methyl sites for hydroxylation is 2. The van der Waals surface area contributed by atoms with Crippen molar-refractivity contribution in [3.8, 4) is 11.4 Å². The number of H-pyrrole nitrogens is 1. The van der Waals surface area contributed by atoms with E-state index in [0.717, 1.165) is 22.2 Å². The highest BCUT2D eigenvalue weighted by Crippen LogP contribution is 2.28. The van der Waals surface area contributed by atoms with Crippen LogP contribution in [0.1, 0.15) is 23.1 Å². The first-order valence-electron chi connectivity index (χ1n) is 6.90. The van der Waals surface area contributed by atoms with E-state index in [1.165, 1.54) is 0 Å². The number of imidazole rings is 1. The summed E-state index contributed by atoms with van der Waals surface area (Å²) in [5.74, 6) is 0.296. The molecule has 0 saturated carbocycles. The van der Waals surface area contributed by atoms with Gasteiger partial charge in [0.05, 0.1) is 6.61 Å². The van der Waals surface area contributed by atoms with Crippen LogP contribution in [-0.4, -0.2) is 27.1 Å². The zero-order valence-electron chi connectivity index (χ0n) is 12.3. The van der Waals surface area contributed by atoms with E-state index in [2.05, 4.69) is 16.0 Å². The van der Waals surface area contributed by atoms with Crippen molar-refractivity contribution in [2.24, 2.45) is 7.05 Å². The first-order valence-corrected chi connectivity index (χ1v) is 6.90. The molecule has 2 aromatic heterocycles. The van der Waals surface area contributed by atoms with E-state index in [-0.39, 0.29) is 0 Å². The molecule has 0 fully saturated rings. The highest BCUT2D eigenvalue weighted by molar-refractivity contribution is 5.96. The lowest BCUT2D eigenvalue weighted by molar-refractivity contribution is 0.0519. The summed E-state index contributed by atoms with van der Waals surface area (Å²) in [5, 5.41) is 1.10. The molecule has 0 saturated heterocycles. The Morgan fingerprint density at radius 2 is 2.14 bits per heavy atom. The zero-order valence-corrected chi connectivity index (χ0v) is 12.3. The number of aromatic amines is 1. The molecular weight excluding hydrogens is 266 g/mol. The number of benzene rings is 1. The third kappa shape index (κ3) is 2.20. The molecule has 0 aliphatic heterocycles. The summed E-state index contributed by atoms with van der Waals surface area (Å²) in [6, 6.07) is 8.10. The molecule has 0 aliphatic carbocycles. The van der Waals surface area contributed by atoms with Crippen LogP contribution in [0.5, 0.6) is 0 Å². The quantitative estimate of drug-likeness (QED) is 0.751. The van der Waals surface area contributed by atoms with Gasteiger partial charge in [0.15, 0.2) is 5.69 Å². The van der Waals surface area contributed by atoms with E-state index in [1.54, 1.807) is 6.92 Å². The Hall–Kier alpha value is -2.56. The number of hydrogen-bond donors (Lipinski definition) is 1. The maximum absolute atomic E-state index is 11.9. The van der Waals surface area contributed by atoms with Gasteiger partial charge in [-0.1, -0.05) is 18.2 Å². The number of nitrogens with one attached hydrogen (secondary N) is 1. The van der Waals surface area contributed by atoms with Crippen LogP contribution in [0.25, 0.3) is 22.3 Å². The monoisotopic (exact) mass is 283 g/mol. The van der Waals surface area contributed by atoms with E-state index in [9.17, 15) is 4.79 Å². The van der Waals surface area contributed by atoms with Crippen LogP contribution in [0.15, 0.2) is 30.5 Å². The summed E-state index contributed by atoms with van der Waals surface area (Å²) in [6.45, 7) is 3.95. The number of ether oxygens (including phenoxy) is 1. The fourth-order valence-corrected chi connectivity index (χ4v) is 2.52. The minimum absolute atomic E-state index is 0.342. The molecule has 3 rings (SSSR count). The first kappa shape index (κ1) is 13.4. The Kier molecular flexibility index (Phi) is 3.25. The maximum Gasteiger partial charge on any atom is 0.358 e. The minimum atomic E-state index is -0.391. The topological polar surface area (TPSA) is 59.9 Å². The minimum Gasteiger partial charge on any atom is -0.461 e. The summed E-state index contributed by atoms with van der Waals surface area (Å²) in [7, 11) is 1.99. The van der Waals surface area contributed by atoms with E-state index in [0.29, 0.717) is 18.1 Å². The summed E-state index contributed by atoms with van der Waals surface area (Å²) in [4.78, 5) is 19.5. The number of nitrogens with zero attached hydrogens (tertiary/aromatic N) is 2. The van der Waals surface area contributed by atoms with E-state index >= 15 is 0 Å². The second kappa shape index (κ2) is 5.09. The molecule has 5 heteroatoms. The molecule has 0 aliphatic rings. The van der Waals surface area contributed by atoms with Crippen LogP contribution < -0.4 is 0 Å². The van der Waals surface area contributed by atoms with Crippen molar-refractivity contribution in [1.29, 1.82) is 0 Å². The molecular formula is C16H17N3O2. The van der Waals surface area contributed by atoms with Gasteiger partial charge in [0, 0.05) is 35.4 Å². The van der Waals surface area contributed by atoms with Crippen LogP contribution >= 0.6 is 0 Å². The Morgan fingerprint density at radius 3 is 2.90 bits per heavy atom. The molecule has 108 valence electrons. The average Bonchev–Trinajstić information content (AvgIpc) is 3.01. The lowest BCUT2D eigenvalue weighted by Crippen LogP contribution is -2.06. The van der Waals surface area contributed by atoms with Crippen LogP contribution in [0.2, 0.25) is 0 Å². The number of aromatic nitrogens is 3. The normalized spacial score (nSPS) is 11.0. The van der Waals surface area contributed by atoms with Crippen LogP contribution in [-0.2, 0) is 11.8 Å². The van der Waals surface area contributed by atoms with Gasteiger partial charge in [0.1, 0.15) is 5.82 Å². The average molecular weight is 283 g/mol. The fourth-order valence-electron chi connectivity index (χ4n) is 2.52. The fraction of sp³-hybridized carbons (Fsp3) is 0.250. The maximum atomic E-state index is 11.9. The number of para-hydroxylation sites is 1. The van der Waals surface area contributed by atoms with E-state index < -0.39 is 5.97 Å². The van der Waals surface area contributed by atoms with Crippen molar-refractivity contribution >= 4 is 16.9 Å². The molecule has 0 unspecified atom stereocenters. The van der Waals surface area contributed by atoms with E-state index in [4.69, 9.17) is 4.74 Å². The molecule has 5 nitrogen and oxygen atoms in total. The van der Waals surface area contributed by atoms with Crippen molar-refractivity contribution in [1.82, 2.24) is 14.5 Å². The standard InChI is InChI=1S/C16H17N3O2/c1-4-21-16(20)14-10(2)17-15(18-14)12-9-19(3)13-8-6-5-7-11(12)13/h5-9H,4H2,1-3H3,(H,17,18). The number of carbonyl (C=O) groups excluding carboxylic acids is 1. The summed E-state index contributed by atoms with van der Waals surface area (Å²) in [6.07, 6.45) is 2.01. The van der Waals surface area contributed by atoms with Crippen molar-refractivity contribution in [2.45, 2.75) is 13.8 Å². The van der Waals surface area contributed by atoms with Crippen molar-refractivity contribution < 1.29 is 9.53 Å². The second-order valence-electron chi connectivity index (χ2n) is 4.95. The molecule has 3 aromatic rings. The molecule has 0 bridgehead atoms. The summed E-state index contributed by atoms with van der Waals surface area (Å²) >= 11 is 0. The van der Waals surface area contributed by atoms with Gasteiger partial charge in [0.2, 0.25) is 0 Å². The SMILES string of the molecule is CCOC(=O)c1nc(-c2cn(C)c3ccccc23)[nH]c1C. The van der Waals surface area contributed by atoms with Crippen LogP contribution in [0.3, 0.4) is 0 Å². The first-order chi connectivity index (χ1) is 10.1. The molecule has 21 heavy (non-hydrogen) atoms.